The van der Waals surface area contributed by atoms with Crippen LogP contribution in [0.4, 0.5) is 22.7 Å². The first-order valence-corrected chi connectivity index (χ1v) is 38.8. The Morgan fingerprint density at radius 1 is 0.417 bits per heavy atom. The third-order valence-electron chi connectivity index (χ3n) is 20.8. The number of benzene rings is 10. The van der Waals surface area contributed by atoms with Crippen LogP contribution in [0.15, 0.2) is 162 Å². The van der Waals surface area contributed by atoms with E-state index >= 15 is 0 Å². The lowest BCUT2D eigenvalue weighted by molar-refractivity contribution is 0.0922. The van der Waals surface area contributed by atoms with Gasteiger partial charge in [0.15, 0.2) is 17.3 Å². The normalized spacial score (nSPS) is 19.5. The Kier molecular flexibility index (Phi) is 26.1. The molecule has 4 atom stereocenters. The van der Waals surface area contributed by atoms with E-state index in [1.165, 1.54) is 88.3 Å². The molecule has 2 spiro atoms. The monoisotopic (exact) mass is 1440 g/mol. The van der Waals surface area contributed by atoms with Gasteiger partial charge in [-0.15, -0.1) is 0 Å². The van der Waals surface area contributed by atoms with Gasteiger partial charge < -0.3 is 29.6 Å². The molecule has 6 heterocycles. The van der Waals surface area contributed by atoms with Gasteiger partial charge in [-0.25, -0.2) is 0 Å². The summed E-state index contributed by atoms with van der Waals surface area (Å²) in [6.07, 6.45) is 11.8. The first kappa shape index (κ1) is 83.7. The zero-order valence-corrected chi connectivity index (χ0v) is 69.4. The van der Waals surface area contributed by atoms with Gasteiger partial charge in [0.1, 0.15) is 44.3 Å². The van der Waals surface area contributed by atoms with Crippen LogP contribution in [0.3, 0.4) is 0 Å². The van der Waals surface area contributed by atoms with Crippen LogP contribution in [0, 0.1) is 76.2 Å². The van der Waals surface area contributed by atoms with Crippen LogP contribution in [-0.2, 0) is 10.8 Å². The van der Waals surface area contributed by atoms with Gasteiger partial charge >= 0.3 is 0 Å². The molecule has 0 aromatic heterocycles. The number of carbonyl (C=O) groups excluding carboxylic acids is 2. The van der Waals surface area contributed by atoms with Crippen molar-refractivity contribution >= 4 is 107 Å². The lowest BCUT2D eigenvalue weighted by Gasteiger charge is -2.41. The minimum atomic E-state index is -0.711. The fourth-order valence-electron chi connectivity index (χ4n) is 14.7. The van der Waals surface area contributed by atoms with Crippen LogP contribution >= 0.6 is 0 Å². The fraction of sp³-hybridized carbons (Fsp3) is 0.354. The average molecular weight is 1440 g/mol. The summed E-state index contributed by atoms with van der Waals surface area (Å²) in [6.45, 7) is 55.8. The molecule has 2 N–H and O–H groups in total. The summed E-state index contributed by atoms with van der Waals surface area (Å²) >= 11 is 0. The van der Waals surface area contributed by atoms with Gasteiger partial charge in [0.25, 0.3) is 0 Å². The van der Waals surface area contributed by atoms with Crippen molar-refractivity contribution in [3.05, 3.63) is 246 Å². The summed E-state index contributed by atoms with van der Waals surface area (Å²) < 4.78 is 24.9. The zero-order chi connectivity index (χ0) is 79.9. The van der Waals surface area contributed by atoms with E-state index in [-0.39, 0.29) is 30.2 Å². The number of nitrogens with one attached hydrogen (secondary N) is 2. The van der Waals surface area contributed by atoms with Crippen LogP contribution in [0.1, 0.15) is 223 Å². The quantitative estimate of drug-likeness (QED) is 0.114. The second-order valence-electron chi connectivity index (χ2n) is 29.2. The molecule has 562 valence electrons. The van der Waals surface area contributed by atoms with Crippen LogP contribution in [0.2, 0.25) is 0 Å². The predicted molar refractivity (Wildman–Crippen MR) is 466 cm³/mol. The maximum atomic E-state index is 11.3. The Labute approximate surface area is 649 Å². The highest BCUT2D eigenvalue weighted by atomic mass is 16.5. The van der Waals surface area contributed by atoms with Crippen LogP contribution in [0.25, 0.3) is 44.5 Å². The molecule has 10 nitrogen and oxygen atoms in total. The molecule has 4 radical (unpaired) electrons. The number of hydrogen-bond acceptors (Lipinski definition) is 10. The van der Waals surface area contributed by atoms with E-state index in [2.05, 4.69) is 210 Å². The summed E-state index contributed by atoms with van der Waals surface area (Å²) in [5, 5.41) is 14.6. The Balaban J connectivity index is 0.000000190. The van der Waals surface area contributed by atoms with Gasteiger partial charge in [0.2, 0.25) is 11.4 Å². The second kappa shape index (κ2) is 33.7. The van der Waals surface area contributed by atoms with E-state index in [0.29, 0.717) is 11.1 Å². The molecular formula is C96H116B2N4O6. The molecule has 10 aromatic carbocycles. The average Bonchev–Trinajstić information content (AvgIpc) is 1.58. The van der Waals surface area contributed by atoms with Gasteiger partial charge in [0, 0.05) is 45.8 Å². The summed E-state index contributed by atoms with van der Waals surface area (Å²) in [5.41, 5.74) is 20.3. The smallest absolute Gasteiger partial charge is 0.226 e. The second-order valence-corrected chi connectivity index (χ2v) is 29.2. The molecule has 12 heteroatoms. The first-order chi connectivity index (χ1) is 51.3. The number of aliphatic imine (C=N–C) groups is 2. The van der Waals surface area contributed by atoms with Crippen molar-refractivity contribution in [2.24, 2.45) is 9.98 Å². The van der Waals surface area contributed by atoms with E-state index in [4.69, 9.17) is 44.6 Å². The number of rotatable bonds is 0. The molecule has 0 saturated carbocycles. The summed E-state index contributed by atoms with van der Waals surface area (Å²) in [7, 11) is 11.8. The third kappa shape index (κ3) is 16.3. The molecule has 0 bridgehead atoms. The van der Waals surface area contributed by atoms with E-state index in [9.17, 15) is 9.59 Å². The Hall–Kier alpha value is -9.93. The molecule has 0 fully saturated rings. The Morgan fingerprint density at radius 3 is 1.48 bits per heavy atom. The van der Waals surface area contributed by atoms with Crippen molar-refractivity contribution in [3.8, 4) is 23.0 Å². The standard InChI is InChI=1S/C25H26N2O.C24H24N2O.C16H15BO.C11H11BO.C10H8O2.5C2H6.H2/c1-14-8-7-9-18-22(14)17(4)12-21-23(18)26-13-25(28-21)24(5,6)19-10-15(2)16(3)11-20(19)27-25;1-14-6-8-18-17(10-14)7-9-20-22(18)27-24(13-25-20)23(4,5)19-11-15(2)16(3)12-21(19)26-24;1-10-5-4-6-13-12-7-8-16(3,17)18-14(12)9-11(2)15(10)13;1-8-3-4-9-5-6-11(2,12)13-10(9)7-8;1-6-3-2-4-7-8(11)5-9(12)10(6)7;5*1-2;/h7-13,27H,1-6H3;6-13,26H,1-5H3;4-9H,1-3H3;3-7H,1-2H3;2-4H,5H2,1H3;5*1-2H3;1H/i;;;;;;;;;;1+1. The number of nitrogens with zero attached hydrogens (tertiary/aromatic N) is 2. The summed E-state index contributed by atoms with van der Waals surface area (Å²) in [4.78, 5) is 32.2. The van der Waals surface area contributed by atoms with Crippen molar-refractivity contribution in [2.45, 2.75) is 227 Å². The van der Waals surface area contributed by atoms with Gasteiger partial charge in [-0.05, 0) is 242 Å². The van der Waals surface area contributed by atoms with Crippen LogP contribution < -0.4 is 29.6 Å². The molecule has 10 aromatic rings. The molecule has 1 aliphatic carbocycles. The number of aryl methyl sites for hydroxylation is 11. The maximum Gasteiger partial charge on any atom is 0.226 e. The van der Waals surface area contributed by atoms with Crippen LogP contribution in [0.5, 0.6) is 23.0 Å². The van der Waals surface area contributed by atoms with E-state index < -0.39 is 22.5 Å². The van der Waals surface area contributed by atoms with E-state index in [0.717, 1.165) is 73.2 Å². The number of hydrogen-bond donors (Lipinski definition) is 2. The fourth-order valence-corrected chi connectivity index (χ4v) is 14.7. The SMILES string of the molecule is CC.CC.CC.CC.CC.Cc1cc2c(cc1C)C(C)(C)C1(C=Nc3c(cc(C)c4c(C)cccc34)O1)N2.Cc1ccc2c3c(ccc2c1)N=CC1(Nc2cc(C)c(C)cc2C1(C)C)O3.Cc1cccc2c1C(=O)CC2=O.[2HH].[B]C1(C)C=Cc2c(cc(C)c3c(C)cccc23)O1.[B]C1(C)C=Cc2ccc(C)cc2O1. The van der Waals surface area contributed by atoms with E-state index in [1.54, 1.807) is 6.07 Å². The molecule has 7 aliphatic rings. The highest BCUT2D eigenvalue weighted by Gasteiger charge is 2.57. The molecule has 4 unspecified atom stereocenters. The Bertz CT molecular complexity index is 5180. The summed E-state index contributed by atoms with van der Waals surface area (Å²) in [5.74, 6) is 3.37. The number of Topliss-reactive ketones (excluding diaryl/α,β-unsaturated/α-hetero) is 2. The van der Waals surface area contributed by atoms with Gasteiger partial charge in [-0.1, -0.05) is 202 Å². The predicted octanol–water partition coefficient (Wildman–Crippen LogP) is 25.4. The minimum Gasteiger partial charge on any atom is -0.493 e. The topological polar surface area (TPSA) is 120 Å². The lowest BCUT2D eigenvalue weighted by atomic mass is 9.77. The van der Waals surface area contributed by atoms with Gasteiger partial charge in [-0.2, -0.15) is 0 Å². The maximum absolute atomic E-state index is 11.3. The van der Waals surface area contributed by atoms with Crippen molar-refractivity contribution in [3.63, 3.8) is 0 Å². The Morgan fingerprint density at radius 2 is 0.898 bits per heavy atom. The molecular weight excluding hydrogens is 1330 g/mol. The number of ether oxygens (including phenoxy) is 4. The highest BCUT2D eigenvalue weighted by Crippen LogP contribution is 2.55. The van der Waals surface area contributed by atoms with Crippen LogP contribution in [-0.4, -0.2) is 62.1 Å². The third-order valence-corrected chi connectivity index (χ3v) is 20.8. The molecule has 108 heavy (non-hydrogen) atoms. The molecule has 6 aliphatic heterocycles. The van der Waals surface area contributed by atoms with Crippen molar-refractivity contribution in [2.75, 3.05) is 10.6 Å². The number of carbonyl (C=O) groups is 2. The minimum absolute atomic E-state index is 0. The summed E-state index contributed by atoms with van der Waals surface area (Å²) in [6, 6.07) is 48.1. The molecule has 17 rings (SSSR count). The first-order valence-electron chi connectivity index (χ1n) is 38.8. The largest absolute Gasteiger partial charge is 0.493 e. The molecule has 0 amide bonds. The zero-order valence-electron chi connectivity index (χ0n) is 69.4. The number of fused-ring (bicyclic) bond motifs is 13. The van der Waals surface area contributed by atoms with Crippen molar-refractivity contribution < 1.29 is 30.0 Å². The lowest BCUT2D eigenvalue weighted by Crippen LogP contribution is -2.56. The van der Waals surface area contributed by atoms with Crippen molar-refractivity contribution in [1.29, 1.82) is 0 Å². The van der Waals surface area contributed by atoms with Crippen molar-refractivity contribution in [1.82, 2.24) is 0 Å². The highest BCUT2D eigenvalue weighted by molar-refractivity contribution is 6.25. The number of anilines is 2. The van der Waals surface area contributed by atoms with Gasteiger partial charge in [0.05, 0.1) is 40.7 Å². The van der Waals surface area contributed by atoms with Gasteiger partial charge in [-0.3, -0.25) is 19.6 Å². The van der Waals surface area contributed by atoms with E-state index in [1.807, 2.05) is 158 Å². The molecule has 0 saturated heterocycles. The number of ketones is 2.